The number of hydrogen-bond acceptors (Lipinski definition) is 2. The van der Waals surface area contributed by atoms with Gasteiger partial charge in [-0.15, -0.1) is 0 Å². The number of nitrogens with zero attached hydrogens (tertiary/aromatic N) is 2. The van der Waals surface area contributed by atoms with Gasteiger partial charge in [-0.3, -0.25) is 4.68 Å². The summed E-state index contributed by atoms with van der Waals surface area (Å²) in [6, 6.07) is 0.577. The van der Waals surface area contributed by atoms with Crippen molar-refractivity contribution in [3.63, 3.8) is 0 Å². The van der Waals surface area contributed by atoms with Gasteiger partial charge in [0, 0.05) is 19.0 Å². The van der Waals surface area contributed by atoms with Crippen LogP contribution in [0.3, 0.4) is 0 Å². The zero-order valence-corrected chi connectivity index (χ0v) is 10.8. The summed E-state index contributed by atoms with van der Waals surface area (Å²) < 4.78 is 1.93. The SMILES string of the molecule is CCCNC1CCCC1c1c(Cl)cnn1C. The average Bonchev–Trinajstić information content (AvgIpc) is 2.83. The molecule has 0 saturated heterocycles. The molecule has 1 saturated carbocycles. The first kappa shape index (κ1) is 11.9. The van der Waals surface area contributed by atoms with Crippen LogP contribution in [0, 0.1) is 0 Å². The molecule has 1 aliphatic carbocycles. The number of halogens is 1. The van der Waals surface area contributed by atoms with E-state index in [1.165, 1.54) is 31.4 Å². The molecule has 1 fully saturated rings. The molecule has 1 aromatic heterocycles. The Balaban J connectivity index is 2.13. The Kier molecular flexibility index (Phi) is 3.87. The van der Waals surface area contributed by atoms with Crippen LogP contribution in [0.15, 0.2) is 6.20 Å². The molecule has 1 N–H and O–H groups in total. The van der Waals surface area contributed by atoms with E-state index >= 15 is 0 Å². The van der Waals surface area contributed by atoms with Gasteiger partial charge in [0.1, 0.15) is 0 Å². The minimum atomic E-state index is 0.534. The molecule has 0 radical (unpaired) electrons. The summed E-state index contributed by atoms with van der Waals surface area (Å²) in [5, 5.41) is 8.67. The van der Waals surface area contributed by atoms with Gasteiger partial charge in [-0.25, -0.2) is 0 Å². The zero-order valence-electron chi connectivity index (χ0n) is 10.0. The molecule has 4 heteroatoms. The number of aryl methyl sites for hydroxylation is 1. The summed E-state index contributed by atoms with van der Waals surface area (Å²) in [5.74, 6) is 0.534. The van der Waals surface area contributed by atoms with Crippen molar-refractivity contribution in [1.82, 2.24) is 15.1 Å². The van der Waals surface area contributed by atoms with E-state index in [0.717, 1.165) is 11.6 Å². The summed E-state index contributed by atoms with van der Waals surface area (Å²) in [6.07, 6.45) is 6.70. The molecule has 1 heterocycles. The zero-order chi connectivity index (χ0) is 11.5. The molecular weight excluding hydrogens is 222 g/mol. The predicted molar refractivity (Wildman–Crippen MR) is 66.9 cm³/mol. The molecule has 2 unspecified atom stereocenters. The van der Waals surface area contributed by atoms with Crippen molar-refractivity contribution in [2.45, 2.75) is 44.6 Å². The number of hydrogen-bond donors (Lipinski definition) is 1. The van der Waals surface area contributed by atoms with Crippen molar-refractivity contribution >= 4 is 11.6 Å². The summed E-state index contributed by atoms with van der Waals surface area (Å²) in [5.41, 5.74) is 1.20. The molecule has 0 amide bonds. The molecule has 0 spiro atoms. The standard InChI is InChI=1S/C12H20ClN3/c1-3-7-14-11-6-4-5-9(11)12-10(13)8-15-16(12)2/h8-9,11,14H,3-7H2,1-2H3. The van der Waals surface area contributed by atoms with Crippen LogP contribution in [0.1, 0.15) is 44.2 Å². The van der Waals surface area contributed by atoms with E-state index < -0.39 is 0 Å². The fraction of sp³-hybridized carbons (Fsp3) is 0.750. The van der Waals surface area contributed by atoms with E-state index in [4.69, 9.17) is 11.6 Å². The third kappa shape index (κ3) is 2.25. The monoisotopic (exact) mass is 241 g/mol. The molecule has 0 bridgehead atoms. The normalized spacial score (nSPS) is 25.2. The van der Waals surface area contributed by atoms with E-state index in [1.54, 1.807) is 6.20 Å². The molecule has 16 heavy (non-hydrogen) atoms. The Hall–Kier alpha value is -0.540. The third-order valence-corrected chi connectivity index (χ3v) is 3.75. The van der Waals surface area contributed by atoms with Gasteiger partial charge in [-0.2, -0.15) is 5.10 Å². The van der Waals surface area contributed by atoms with Crippen molar-refractivity contribution in [2.24, 2.45) is 7.05 Å². The topological polar surface area (TPSA) is 29.9 Å². The molecule has 0 aliphatic heterocycles. The fourth-order valence-corrected chi connectivity index (χ4v) is 3.00. The first-order chi connectivity index (χ1) is 7.74. The van der Waals surface area contributed by atoms with Crippen LogP contribution in [0.4, 0.5) is 0 Å². The maximum Gasteiger partial charge on any atom is 0.0821 e. The second kappa shape index (κ2) is 5.19. The highest BCUT2D eigenvalue weighted by Crippen LogP contribution is 2.37. The van der Waals surface area contributed by atoms with Crippen molar-refractivity contribution in [3.8, 4) is 0 Å². The van der Waals surface area contributed by atoms with Crippen molar-refractivity contribution in [3.05, 3.63) is 16.9 Å². The quantitative estimate of drug-likeness (QED) is 0.879. The van der Waals surface area contributed by atoms with Gasteiger partial charge in [0.2, 0.25) is 0 Å². The largest absolute Gasteiger partial charge is 0.313 e. The lowest BCUT2D eigenvalue weighted by atomic mass is 9.99. The Labute approximate surface area is 102 Å². The minimum Gasteiger partial charge on any atom is -0.313 e. The van der Waals surface area contributed by atoms with Crippen LogP contribution >= 0.6 is 11.6 Å². The molecule has 2 rings (SSSR count). The fourth-order valence-electron chi connectivity index (χ4n) is 2.70. The van der Waals surface area contributed by atoms with Crippen LogP contribution in [-0.2, 0) is 7.05 Å². The molecule has 1 aliphatic rings. The van der Waals surface area contributed by atoms with Crippen LogP contribution in [0.5, 0.6) is 0 Å². The smallest absolute Gasteiger partial charge is 0.0821 e. The third-order valence-electron chi connectivity index (χ3n) is 3.46. The van der Waals surface area contributed by atoms with Gasteiger partial charge in [0.25, 0.3) is 0 Å². The summed E-state index contributed by atoms with van der Waals surface area (Å²) in [7, 11) is 1.98. The van der Waals surface area contributed by atoms with E-state index in [9.17, 15) is 0 Å². The van der Waals surface area contributed by atoms with Crippen molar-refractivity contribution in [2.75, 3.05) is 6.54 Å². The van der Waals surface area contributed by atoms with E-state index in [-0.39, 0.29) is 0 Å². The van der Waals surface area contributed by atoms with Gasteiger partial charge < -0.3 is 5.32 Å². The molecule has 0 aromatic carbocycles. The second-order valence-electron chi connectivity index (χ2n) is 4.60. The molecule has 90 valence electrons. The van der Waals surface area contributed by atoms with Gasteiger partial charge in [0.15, 0.2) is 0 Å². The first-order valence-corrected chi connectivity index (χ1v) is 6.52. The van der Waals surface area contributed by atoms with Crippen molar-refractivity contribution < 1.29 is 0 Å². The Morgan fingerprint density at radius 1 is 1.56 bits per heavy atom. The Bertz CT molecular complexity index is 329. The van der Waals surface area contributed by atoms with E-state index in [0.29, 0.717) is 12.0 Å². The highest BCUT2D eigenvalue weighted by atomic mass is 35.5. The molecule has 2 atom stereocenters. The number of rotatable bonds is 4. The number of aromatic nitrogens is 2. The van der Waals surface area contributed by atoms with Crippen LogP contribution < -0.4 is 5.32 Å². The Morgan fingerprint density at radius 3 is 3.00 bits per heavy atom. The van der Waals surface area contributed by atoms with Gasteiger partial charge in [-0.05, 0) is 25.8 Å². The van der Waals surface area contributed by atoms with E-state index in [2.05, 4.69) is 17.3 Å². The lowest BCUT2D eigenvalue weighted by Crippen LogP contribution is -2.32. The van der Waals surface area contributed by atoms with E-state index in [1.807, 2.05) is 11.7 Å². The van der Waals surface area contributed by atoms with Gasteiger partial charge >= 0.3 is 0 Å². The molecular formula is C12H20ClN3. The molecule has 3 nitrogen and oxygen atoms in total. The predicted octanol–water partition coefficient (Wildman–Crippen LogP) is 2.71. The van der Waals surface area contributed by atoms with Gasteiger partial charge in [0.05, 0.1) is 16.9 Å². The van der Waals surface area contributed by atoms with Crippen molar-refractivity contribution in [1.29, 1.82) is 0 Å². The highest BCUT2D eigenvalue weighted by molar-refractivity contribution is 6.31. The minimum absolute atomic E-state index is 0.534. The van der Waals surface area contributed by atoms with Crippen LogP contribution in [-0.4, -0.2) is 22.4 Å². The van der Waals surface area contributed by atoms with Crippen LogP contribution in [0.25, 0.3) is 0 Å². The summed E-state index contributed by atoms with van der Waals surface area (Å²) in [6.45, 7) is 3.30. The first-order valence-electron chi connectivity index (χ1n) is 6.14. The number of nitrogens with one attached hydrogen (secondary N) is 1. The average molecular weight is 242 g/mol. The Morgan fingerprint density at radius 2 is 2.38 bits per heavy atom. The second-order valence-corrected chi connectivity index (χ2v) is 5.01. The van der Waals surface area contributed by atoms with Crippen LogP contribution in [0.2, 0.25) is 5.02 Å². The maximum absolute atomic E-state index is 6.21. The lowest BCUT2D eigenvalue weighted by molar-refractivity contribution is 0.460. The lowest BCUT2D eigenvalue weighted by Gasteiger charge is -2.21. The summed E-state index contributed by atoms with van der Waals surface area (Å²) in [4.78, 5) is 0. The highest BCUT2D eigenvalue weighted by Gasteiger charge is 2.31. The summed E-state index contributed by atoms with van der Waals surface area (Å²) >= 11 is 6.21. The maximum atomic E-state index is 6.21. The molecule has 1 aromatic rings. The van der Waals surface area contributed by atoms with Gasteiger partial charge in [-0.1, -0.05) is 24.9 Å².